The summed E-state index contributed by atoms with van der Waals surface area (Å²) in [5.74, 6) is -0.629. The Balaban J connectivity index is 1.56. The van der Waals surface area contributed by atoms with Gasteiger partial charge in [0.2, 0.25) is 5.43 Å². The summed E-state index contributed by atoms with van der Waals surface area (Å²) in [5, 5.41) is 4.39. The van der Waals surface area contributed by atoms with Gasteiger partial charge >= 0.3 is 0 Å². The van der Waals surface area contributed by atoms with Crippen LogP contribution in [0.3, 0.4) is 0 Å². The first-order valence-corrected chi connectivity index (χ1v) is 9.99. The molecular formula is C23H23FN4O2. The Morgan fingerprint density at radius 1 is 0.933 bits per heavy atom. The van der Waals surface area contributed by atoms with Gasteiger partial charge in [0, 0.05) is 43.6 Å². The van der Waals surface area contributed by atoms with Crippen molar-refractivity contribution in [3.05, 3.63) is 88.1 Å². The molecule has 0 saturated carbocycles. The average molecular weight is 406 g/mol. The minimum absolute atomic E-state index is 0.0697. The molecule has 0 atom stereocenters. The highest BCUT2D eigenvalue weighted by Crippen LogP contribution is 2.18. The van der Waals surface area contributed by atoms with E-state index >= 15 is 0 Å². The summed E-state index contributed by atoms with van der Waals surface area (Å²) in [5.41, 5.74) is 1.94. The Morgan fingerprint density at radius 3 is 2.40 bits per heavy atom. The molecule has 30 heavy (non-hydrogen) atoms. The largest absolute Gasteiger partial charge is 0.370 e. The molecule has 2 aromatic carbocycles. The number of benzene rings is 2. The molecule has 0 bridgehead atoms. The molecule has 154 valence electrons. The molecule has 0 radical (unpaired) electrons. The lowest BCUT2D eigenvalue weighted by atomic mass is 10.2. The summed E-state index contributed by atoms with van der Waals surface area (Å²) in [6.07, 6.45) is 0.752. The van der Waals surface area contributed by atoms with Gasteiger partial charge in [0.25, 0.3) is 5.91 Å². The second-order valence-electron chi connectivity index (χ2n) is 7.36. The lowest BCUT2D eigenvalue weighted by Crippen LogP contribution is -2.38. The molecule has 0 spiro atoms. The van der Waals surface area contributed by atoms with Crippen LogP contribution in [-0.2, 0) is 0 Å². The maximum absolute atomic E-state index is 13.2. The van der Waals surface area contributed by atoms with Crippen LogP contribution < -0.4 is 10.3 Å². The number of rotatable bonds is 3. The third-order valence-electron chi connectivity index (χ3n) is 5.29. The van der Waals surface area contributed by atoms with Crippen LogP contribution in [0.4, 0.5) is 10.1 Å². The Kier molecular flexibility index (Phi) is 5.61. The molecule has 1 saturated heterocycles. The van der Waals surface area contributed by atoms with Crippen molar-refractivity contribution in [2.75, 3.05) is 31.1 Å². The molecule has 1 aliphatic rings. The number of aryl methyl sites for hydroxylation is 1. The maximum Gasteiger partial charge on any atom is 0.278 e. The average Bonchev–Trinajstić information content (AvgIpc) is 3.01. The molecule has 1 aromatic heterocycles. The van der Waals surface area contributed by atoms with Gasteiger partial charge in [-0.2, -0.15) is 5.10 Å². The van der Waals surface area contributed by atoms with Gasteiger partial charge in [-0.3, -0.25) is 9.59 Å². The summed E-state index contributed by atoms with van der Waals surface area (Å²) in [7, 11) is 0. The predicted octanol–water partition coefficient (Wildman–Crippen LogP) is 3.03. The maximum atomic E-state index is 13.2. The first-order valence-electron chi connectivity index (χ1n) is 9.99. The number of halogens is 1. The van der Waals surface area contributed by atoms with E-state index in [1.165, 1.54) is 18.2 Å². The van der Waals surface area contributed by atoms with Crippen LogP contribution in [0.25, 0.3) is 5.69 Å². The highest BCUT2D eigenvalue weighted by atomic mass is 19.1. The van der Waals surface area contributed by atoms with E-state index in [0.29, 0.717) is 25.3 Å². The fourth-order valence-corrected chi connectivity index (χ4v) is 3.71. The zero-order valence-corrected chi connectivity index (χ0v) is 16.8. The molecule has 6 nitrogen and oxygen atoms in total. The number of hydrogen-bond acceptors (Lipinski definition) is 4. The van der Waals surface area contributed by atoms with Crippen molar-refractivity contribution in [3.8, 4) is 5.69 Å². The summed E-state index contributed by atoms with van der Waals surface area (Å²) < 4.78 is 14.8. The first kappa shape index (κ1) is 19.8. The Hall–Kier alpha value is -3.48. The number of nitrogens with zero attached hydrogens (tertiary/aromatic N) is 4. The van der Waals surface area contributed by atoms with Gasteiger partial charge < -0.3 is 9.80 Å². The Bertz CT molecular complexity index is 1100. The van der Waals surface area contributed by atoms with Gasteiger partial charge in [-0.15, -0.1) is 0 Å². The molecule has 1 fully saturated rings. The van der Waals surface area contributed by atoms with E-state index in [1.54, 1.807) is 28.6 Å². The van der Waals surface area contributed by atoms with Gasteiger partial charge in [0.15, 0.2) is 5.69 Å². The van der Waals surface area contributed by atoms with Crippen molar-refractivity contribution in [1.82, 2.24) is 14.7 Å². The van der Waals surface area contributed by atoms with Crippen molar-refractivity contribution < 1.29 is 9.18 Å². The van der Waals surface area contributed by atoms with Gasteiger partial charge in [-0.05, 0) is 49.7 Å². The molecule has 1 amide bonds. The molecule has 3 aromatic rings. The van der Waals surface area contributed by atoms with Crippen molar-refractivity contribution in [1.29, 1.82) is 0 Å². The van der Waals surface area contributed by atoms with Crippen molar-refractivity contribution in [3.63, 3.8) is 0 Å². The monoisotopic (exact) mass is 406 g/mol. The predicted molar refractivity (Wildman–Crippen MR) is 114 cm³/mol. The SMILES string of the molecule is Cc1cc(=O)c(C(=O)N2CCCN(c3ccc(F)cc3)CC2)nn1-c1ccccc1. The molecule has 0 aliphatic carbocycles. The fourth-order valence-electron chi connectivity index (χ4n) is 3.71. The molecular weight excluding hydrogens is 383 g/mol. The second kappa shape index (κ2) is 8.49. The highest BCUT2D eigenvalue weighted by molar-refractivity contribution is 5.92. The molecule has 4 rings (SSSR count). The number of para-hydroxylation sites is 1. The van der Waals surface area contributed by atoms with Crippen molar-refractivity contribution >= 4 is 11.6 Å². The van der Waals surface area contributed by atoms with E-state index in [0.717, 1.165) is 24.3 Å². The first-order chi connectivity index (χ1) is 14.5. The number of carbonyl (C=O) groups excluding carboxylic acids is 1. The van der Waals surface area contributed by atoms with Crippen molar-refractivity contribution in [2.45, 2.75) is 13.3 Å². The minimum atomic E-state index is -0.371. The number of aromatic nitrogens is 2. The molecule has 2 heterocycles. The summed E-state index contributed by atoms with van der Waals surface area (Å²) in [4.78, 5) is 29.5. The number of hydrogen-bond donors (Lipinski definition) is 0. The molecule has 0 unspecified atom stereocenters. The van der Waals surface area contributed by atoms with E-state index in [1.807, 2.05) is 30.3 Å². The third kappa shape index (κ3) is 4.10. The van der Waals surface area contributed by atoms with Crippen LogP contribution in [-0.4, -0.2) is 46.8 Å². The van der Waals surface area contributed by atoms with Crippen LogP contribution in [0.5, 0.6) is 0 Å². The van der Waals surface area contributed by atoms with Crippen LogP contribution in [0.2, 0.25) is 0 Å². The zero-order valence-electron chi connectivity index (χ0n) is 16.8. The zero-order chi connectivity index (χ0) is 21.1. The van der Waals surface area contributed by atoms with E-state index in [4.69, 9.17) is 0 Å². The van der Waals surface area contributed by atoms with Crippen LogP contribution in [0, 0.1) is 12.7 Å². The molecule has 0 N–H and O–H groups in total. The summed E-state index contributed by atoms with van der Waals surface area (Å²) >= 11 is 0. The standard InChI is InChI=1S/C23H23FN4O2/c1-17-16-21(29)22(25-28(17)20-6-3-2-4-7-20)23(30)27-13-5-12-26(14-15-27)19-10-8-18(24)9-11-19/h2-4,6-11,16H,5,12-15H2,1H3. The van der Waals surface area contributed by atoms with E-state index in [2.05, 4.69) is 10.00 Å². The van der Waals surface area contributed by atoms with E-state index < -0.39 is 0 Å². The molecule has 1 aliphatic heterocycles. The van der Waals surface area contributed by atoms with Crippen molar-refractivity contribution in [2.24, 2.45) is 0 Å². The summed E-state index contributed by atoms with van der Waals surface area (Å²) in [6, 6.07) is 17.2. The Labute approximate surface area is 174 Å². The highest BCUT2D eigenvalue weighted by Gasteiger charge is 2.24. The van der Waals surface area contributed by atoms with Gasteiger partial charge in [-0.25, -0.2) is 9.07 Å². The van der Waals surface area contributed by atoms with Crippen LogP contribution >= 0.6 is 0 Å². The topological polar surface area (TPSA) is 58.4 Å². The smallest absolute Gasteiger partial charge is 0.278 e. The third-order valence-corrected chi connectivity index (χ3v) is 5.29. The lowest BCUT2D eigenvalue weighted by Gasteiger charge is -2.23. The number of amides is 1. The number of carbonyl (C=O) groups is 1. The van der Waals surface area contributed by atoms with Crippen LogP contribution in [0.15, 0.2) is 65.5 Å². The second-order valence-corrected chi connectivity index (χ2v) is 7.36. The number of anilines is 1. The minimum Gasteiger partial charge on any atom is -0.370 e. The van der Waals surface area contributed by atoms with E-state index in [-0.39, 0.29) is 22.8 Å². The normalized spacial score (nSPS) is 14.5. The van der Waals surface area contributed by atoms with Gasteiger partial charge in [0.1, 0.15) is 5.82 Å². The summed E-state index contributed by atoms with van der Waals surface area (Å²) in [6.45, 7) is 4.16. The van der Waals surface area contributed by atoms with E-state index in [9.17, 15) is 14.0 Å². The fraction of sp³-hybridized carbons (Fsp3) is 0.261. The Morgan fingerprint density at radius 2 is 1.67 bits per heavy atom. The molecule has 7 heteroatoms. The van der Waals surface area contributed by atoms with Gasteiger partial charge in [-0.1, -0.05) is 18.2 Å². The van der Waals surface area contributed by atoms with Crippen LogP contribution in [0.1, 0.15) is 22.6 Å². The lowest BCUT2D eigenvalue weighted by molar-refractivity contribution is 0.0757. The van der Waals surface area contributed by atoms with Gasteiger partial charge in [0.05, 0.1) is 5.69 Å². The quantitative estimate of drug-likeness (QED) is 0.671.